The van der Waals surface area contributed by atoms with Crippen molar-refractivity contribution in [3.63, 3.8) is 0 Å². The van der Waals surface area contributed by atoms with Crippen LogP contribution in [0.5, 0.6) is 0 Å². The SMILES string of the molecule is CCN(CC)S(=O)(=O)c1cccc(NCCn2nc3ccccn3c2=O)c1. The van der Waals surface area contributed by atoms with Gasteiger partial charge in [-0.05, 0) is 30.3 Å². The number of nitrogens with zero attached hydrogens (tertiary/aromatic N) is 4. The van der Waals surface area contributed by atoms with E-state index < -0.39 is 10.0 Å². The number of pyridine rings is 1. The van der Waals surface area contributed by atoms with Crippen molar-refractivity contribution in [3.8, 4) is 0 Å². The molecule has 1 aromatic carbocycles. The maximum absolute atomic E-state index is 12.6. The zero-order chi connectivity index (χ0) is 19.4. The Kier molecular flexibility index (Phi) is 5.62. The van der Waals surface area contributed by atoms with Crippen molar-refractivity contribution in [1.29, 1.82) is 0 Å². The van der Waals surface area contributed by atoms with Gasteiger partial charge in [-0.3, -0.25) is 4.40 Å². The van der Waals surface area contributed by atoms with Crippen molar-refractivity contribution in [2.45, 2.75) is 25.3 Å². The Hall–Kier alpha value is -2.65. The molecule has 0 fully saturated rings. The van der Waals surface area contributed by atoms with Gasteiger partial charge in [0.25, 0.3) is 0 Å². The molecule has 1 N–H and O–H groups in total. The van der Waals surface area contributed by atoms with Gasteiger partial charge in [-0.1, -0.05) is 26.0 Å². The van der Waals surface area contributed by atoms with Crippen LogP contribution in [0.3, 0.4) is 0 Å². The largest absolute Gasteiger partial charge is 0.383 e. The molecule has 9 heteroatoms. The van der Waals surface area contributed by atoms with Gasteiger partial charge in [-0.25, -0.2) is 17.9 Å². The Bertz CT molecular complexity index is 1080. The fraction of sp³-hybridized carbons (Fsp3) is 0.333. The standard InChI is InChI=1S/C18H23N5O3S/c1-3-21(4-2)27(25,26)16-9-7-8-15(14-16)19-11-13-23-18(24)22-12-6-5-10-17(22)20-23/h5-10,12,14,19H,3-4,11,13H2,1-2H3. The smallest absolute Gasteiger partial charge is 0.350 e. The lowest BCUT2D eigenvalue weighted by Gasteiger charge is -2.19. The third kappa shape index (κ3) is 3.88. The molecule has 0 saturated carbocycles. The summed E-state index contributed by atoms with van der Waals surface area (Å²) in [6.07, 6.45) is 1.68. The highest BCUT2D eigenvalue weighted by Gasteiger charge is 2.21. The highest BCUT2D eigenvalue weighted by molar-refractivity contribution is 7.89. The Morgan fingerprint density at radius 2 is 1.89 bits per heavy atom. The molecule has 144 valence electrons. The van der Waals surface area contributed by atoms with E-state index in [1.165, 1.54) is 13.4 Å². The molecular weight excluding hydrogens is 366 g/mol. The van der Waals surface area contributed by atoms with Gasteiger partial charge in [0, 0.05) is 31.5 Å². The van der Waals surface area contributed by atoms with Crippen LogP contribution < -0.4 is 11.0 Å². The molecule has 0 aliphatic carbocycles. The van der Waals surface area contributed by atoms with Gasteiger partial charge in [0.2, 0.25) is 10.0 Å². The van der Waals surface area contributed by atoms with Gasteiger partial charge in [0.1, 0.15) is 0 Å². The Morgan fingerprint density at radius 1 is 1.11 bits per heavy atom. The van der Waals surface area contributed by atoms with Gasteiger partial charge in [0.15, 0.2) is 5.65 Å². The molecule has 0 saturated heterocycles. The van der Waals surface area contributed by atoms with E-state index >= 15 is 0 Å². The molecule has 0 aliphatic rings. The second kappa shape index (κ2) is 7.93. The third-order valence-corrected chi connectivity index (χ3v) is 6.36. The topological polar surface area (TPSA) is 88.7 Å². The molecule has 0 spiro atoms. The van der Waals surface area contributed by atoms with E-state index in [1.807, 2.05) is 19.9 Å². The van der Waals surface area contributed by atoms with E-state index in [-0.39, 0.29) is 10.6 Å². The Morgan fingerprint density at radius 3 is 2.59 bits per heavy atom. The van der Waals surface area contributed by atoms with Gasteiger partial charge in [0.05, 0.1) is 11.4 Å². The van der Waals surface area contributed by atoms with E-state index in [0.717, 1.165) is 0 Å². The Balaban J connectivity index is 1.72. The van der Waals surface area contributed by atoms with Crippen LogP contribution in [0.2, 0.25) is 0 Å². The lowest BCUT2D eigenvalue weighted by Crippen LogP contribution is -2.30. The van der Waals surface area contributed by atoms with E-state index in [2.05, 4.69) is 10.4 Å². The number of rotatable bonds is 8. The molecule has 0 bridgehead atoms. The highest BCUT2D eigenvalue weighted by atomic mass is 32.2. The lowest BCUT2D eigenvalue weighted by atomic mass is 10.3. The number of aromatic nitrogens is 3. The molecule has 0 aliphatic heterocycles. The monoisotopic (exact) mass is 389 g/mol. The molecule has 2 aromatic heterocycles. The van der Waals surface area contributed by atoms with Crippen molar-refractivity contribution < 1.29 is 8.42 Å². The third-order valence-electron chi connectivity index (χ3n) is 4.32. The summed E-state index contributed by atoms with van der Waals surface area (Å²) in [6.45, 7) is 5.29. The lowest BCUT2D eigenvalue weighted by molar-refractivity contribution is 0.445. The summed E-state index contributed by atoms with van der Waals surface area (Å²) in [5.41, 5.74) is 1.07. The second-order valence-electron chi connectivity index (χ2n) is 5.98. The van der Waals surface area contributed by atoms with Crippen molar-refractivity contribution in [2.24, 2.45) is 0 Å². The van der Waals surface area contributed by atoms with Gasteiger partial charge in [-0.2, -0.15) is 4.31 Å². The number of anilines is 1. The quantitative estimate of drug-likeness (QED) is 0.633. The average Bonchev–Trinajstić information content (AvgIpc) is 2.99. The van der Waals surface area contributed by atoms with Crippen LogP contribution in [0.25, 0.3) is 5.65 Å². The number of nitrogens with one attached hydrogen (secondary N) is 1. The normalized spacial score (nSPS) is 12.0. The van der Waals surface area contributed by atoms with Crippen LogP contribution in [0.4, 0.5) is 5.69 Å². The molecule has 0 amide bonds. The number of hydrogen-bond acceptors (Lipinski definition) is 5. The first-order chi connectivity index (χ1) is 13.0. The first-order valence-corrected chi connectivity index (χ1v) is 10.3. The molecule has 3 aromatic rings. The molecule has 0 radical (unpaired) electrons. The summed E-state index contributed by atoms with van der Waals surface area (Å²) in [7, 11) is -3.50. The summed E-state index contributed by atoms with van der Waals surface area (Å²) in [5.74, 6) is 0. The van der Waals surface area contributed by atoms with Gasteiger partial charge >= 0.3 is 5.69 Å². The second-order valence-corrected chi connectivity index (χ2v) is 7.92. The summed E-state index contributed by atoms with van der Waals surface area (Å²) < 4.78 is 29.5. The molecule has 3 rings (SSSR count). The number of hydrogen-bond donors (Lipinski definition) is 1. The maximum Gasteiger partial charge on any atom is 0.350 e. The Labute approximate surface area is 158 Å². The van der Waals surface area contributed by atoms with Crippen molar-refractivity contribution in [1.82, 2.24) is 18.5 Å². The van der Waals surface area contributed by atoms with Crippen LogP contribution in [0, 0.1) is 0 Å². The zero-order valence-electron chi connectivity index (χ0n) is 15.4. The summed E-state index contributed by atoms with van der Waals surface area (Å²) in [6, 6.07) is 12.1. The minimum absolute atomic E-state index is 0.203. The average molecular weight is 389 g/mol. The number of fused-ring (bicyclic) bond motifs is 1. The molecule has 0 atom stereocenters. The number of benzene rings is 1. The van der Waals surface area contributed by atoms with Crippen molar-refractivity contribution >= 4 is 21.4 Å². The molecular formula is C18H23N5O3S. The van der Waals surface area contributed by atoms with Crippen LogP contribution >= 0.6 is 0 Å². The van der Waals surface area contributed by atoms with Crippen LogP contribution in [0.15, 0.2) is 58.4 Å². The molecule has 27 heavy (non-hydrogen) atoms. The minimum atomic E-state index is -3.50. The van der Waals surface area contributed by atoms with E-state index in [4.69, 9.17) is 0 Å². The predicted octanol–water partition coefficient (Wildman–Crippen LogP) is 1.64. The molecule has 2 heterocycles. The van der Waals surface area contributed by atoms with Gasteiger partial charge < -0.3 is 5.32 Å². The minimum Gasteiger partial charge on any atom is -0.383 e. The van der Waals surface area contributed by atoms with Crippen LogP contribution in [-0.2, 0) is 16.6 Å². The zero-order valence-corrected chi connectivity index (χ0v) is 16.2. The van der Waals surface area contributed by atoms with Crippen LogP contribution in [-0.4, -0.2) is 46.5 Å². The first-order valence-electron chi connectivity index (χ1n) is 8.85. The number of sulfonamides is 1. The highest BCUT2D eigenvalue weighted by Crippen LogP contribution is 2.19. The van der Waals surface area contributed by atoms with E-state index in [0.29, 0.717) is 37.5 Å². The van der Waals surface area contributed by atoms with Gasteiger partial charge in [-0.15, -0.1) is 5.10 Å². The molecule has 0 unspecified atom stereocenters. The van der Waals surface area contributed by atoms with Crippen molar-refractivity contribution in [2.75, 3.05) is 25.0 Å². The summed E-state index contributed by atoms with van der Waals surface area (Å²) >= 11 is 0. The summed E-state index contributed by atoms with van der Waals surface area (Å²) in [4.78, 5) is 12.5. The molecule has 8 nitrogen and oxygen atoms in total. The van der Waals surface area contributed by atoms with E-state index in [9.17, 15) is 13.2 Å². The van der Waals surface area contributed by atoms with Crippen molar-refractivity contribution in [3.05, 3.63) is 59.1 Å². The first kappa shape index (κ1) is 19.1. The summed E-state index contributed by atoms with van der Waals surface area (Å²) in [5, 5.41) is 7.43. The fourth-order valence-electron chi connectivity index (χ4n) is 2.90. The predicted molar refractivity (Wildman–Crippen MR) is 104 cm³/mol. The van der Waals surface area contributed by atoms with E-state index in [1.54, 1.807) is 42.6 Å². The fourth-order valence-corrected chi connectivity index (χ4v) is 4.40. The van der Waals surface area contributed by atoms with Crippen LogP contribution in [0.1, 0.15) is 13.8 Å². The maximum atomic E-state index is 12.6.